The first-order chi connectivity index (χ1) is 9.02. The minimum atomic E-state index is -0.762. The van der Waals surface area contributed by atoms with Crippen LogP contribution in [0.1, 0.15) is 17.5 Å². The number of aromatic nitrogens is 4. The normalized spacial score (nSPS) is 10.4. The minimum absolute atomic E-state index is 0.0779. The summed E-state index contributed by atoms with van der Waals surface area (Å²) in [6.45, 7) is 1.11. The number of methoxy groups -OCH3 is 1. The molecule has 2 rings (SSSR count). The molecule has 0 unspecified atom stereocenters. The van der Waals surface area contributed by atoms with Crippen molar-refractivity contribution < 1.29 is 19.1 Å². The van der Waals surface area contributed by atoms with E-state index in [-0.39, 0.29) is 18.3 Å². The Morgan fingerprint density at radius 2 is 2.16 bits per heavy atom. The molecule has 0 saturated carbocycles. The molecule has 0 fully saturated rings. The van der Waals surface area contributed by atoms with Crippen molar-refractivity contribution in [3.8, 4) is 0 Å². The standard InChI is InChI=1S/C10H10N4O5/c1-6(15)19-5-13-4-3-7(16)14-10(13)11-8(12-14)9(17)18-2/h3-4H,5H2,1-2H3. The largest absolute Gasteiger partial charge is 0.463 e. The van der Waals surface area contributed by atoms with Crippen LogP contribution in [-0.4, -0.2) is 38.2 Å². The summed E-state index contributed by atoms with van der Waals surface area (Å²) in [5.41, 5.74) is -0.461. The number of carbonyl (C=O) groups excluding carboxylic acids is 2. The number of carbonyl (C=O) groups is 2. The van der Waals surface area contributed by atoms with Gasteiger partial charge in [-0.3, -0.25) is 14.2 Å². The van der Waals surface area contributed by atoms with Gasteiger partial charge < -0.3 is 9.47 Å². The third-order valence-corrected chi connectivity index (χ3v) is 2.23. The summed E-state index contributed by atoms with van der Waals surface area (Å²) in [5.74, 6) is -1.41. The minimum Gasteiger partial charge on any atom is -0.463 e. The van der Waals surface area contributed by atoms with Crippen molar-refractivity contribution in [3.05, 3.63) is 28.4 Å². The quantitative estimate of drug-likeness (QED) is 0.669. The molecule has 0 N–H and O–H groups in total. The van der Waals surface area contributed by atoms with E-state index in [1.807, 2.05) is 0 Å². The summed E-state index contributed by atoms with van der Waals surface area (Å²) < 4.78 is 11.6. The molecular formula is C10H10N4O5. The molecule has 0 aliphatic rings. The lowest BCUT2D eigenvalue weighted by Crippen LogP contribution is -2.19. The Kier molecular flexibility index (Phi) is 3.27. The predicted molar refractivity (Wildman–Crippen MR) is 60.4 cm³/mol. The van der Waals surface area contributed by atoms with Gasteiger partial charge in [0.25, 0.3) is 11.4 Å². The van der Waals surface area contributed by atoms with Crippen LogP contribution >= 0.6 is 0 Å². The van der Waals surface area contributed by atoms with Crippen LogP contribution in [0.15, 0.2) is 17.1 Å². The third-order valence-electron chi connectivity index (χ3n) is 2.23. The summed E-state index contributed by atoms with van der Waals surface area (Å²) in [6, 6.07) is 1.21. The van der Waals surface area contributed by atoms with Crippen molar-refractivity contribution in [2.45, 2.75) is 13.7 Å². The Hall–Kier alpha value is -2.71. The molecule has 0 saturated heterocycles. The van der Waals surface area contributed by atoms with E-state index in [1.54, 1.807) is 0 Å². The van der Waals surface area contributed by atoms with Gasteiger partial charge in [0, 0.05) is 19.2 Å². The molecule has 0 radical (unpaired) electrons. The monoisotopic (exact) mass is 266 g/mol. The first-order valence-corrected chi connectivity index (χ1v) is 5.21. The number of esters is 2. The molecule has 0 spiro atoms. The van der Waals surface area contributed by atoms with Gasteiger partial charge in [-0.15, -0.1) is 5.10 Å². The Morgan fingerprint density at radius 1 is 1.42 bits per heavy atom. The highest BCUT2D eigenvalue weighted by molar-refractivity contribution is 5.85. The van der Waals surface area contributed by atoms with E-state index in [2.05, 4.69) is 14.8 Å². The van der Waals surface area contributed by atoms with Crippen molar-refractivity contribution in [2.24, 2.45) is 0 Å². The van der Waals surface area contributed by atoms with E-state index in [0.29, 0.717) is 0 Å². The van der Waals surface area contributed by atoms with Crippen LogP contribution < -0.4 is 5.56 Å². The van der Waals surface area contributed by atoms with Gasteiger partial charge in [-0.25, -0.2) is 4.79 Å². The van der Waals surface area contributed by atoms with Crippen LogP contribution in [0.2, 0.25) is 0 Å². The number of nitrogens with zero attached hydrogens (tertiary/aromatic N) is 4. The summed E-state index contributed by atoms with van der Waals surface area (Å²) in [4.78, 5) is 37.5. The molecule has 0 bridgehead atoms. The molecule has 19 heavy (non-hydrogen) atoms. The summed E-state index contributed by atoms with van der Waals surface area (Å²) in [6.07, 6.45) is 1.39. The number of ether oxygens (including phenoxy) is 2. The van der Waals surface area contributed by atoms with Gasteiger partial charge in [0.1, 0.15) is 0 Å². The van der Waals surface area contributed by atoms with Crippen LogP contribution in [0.5, 0.6) is 0 Å². The van der Waals surface area contributed by atoms with E-state index in [0.717, 1.165) is 4.52 Å². The topological polar surface area (TPSA) is 105 Å². The highest BCUT2D eigenvalue weighted by Crippen LogP contribution is 2.01. The lowest BCUT2D eigenvalue weighted by Gasteiger charge is -2.06. The molecule has 2 aromatic heterocycles. The van der Waals surface area contributed by atoms with Crippen molar-refractivity contribution in [1.29, 1.82) is 0 Å². The maximum atomic E-state index is 11.6. The van der Waals surface area contributed by atoms with Crippen molar-refractivity contribution in [1.82, 2.24) is 19.2 Å². The molecule has 0 aliphatic carbocycles. The molecular weight excluding hydrogens is 256 g/mol. The van der Waals surface area contributed by atoms with Crippen LogP contribution in [0.4, 0.5) is 0 Å². The fourth-order valence-electron chi connectivity index (χ4n) is 1.37. The Labute approximate surface area is 106 Å². The molecule has 2 heterocycles. The molecule has 2 aromatic rings. The van der Waals surface area contributed by atoms with Crippen molar-refractivity contribution >= 4 is 17.7 Å². The van der Waals surface area contributed by atoms with Crippen LogP contribution in [0.25, 0.3) is 5.78 Å². The van der Waals surface area contributed by atoms with E-state index in [4.69, 9.17) is 4.74 Å². The van der Waals surface area contributed by atoms with E-state index in [1.165, 1.54) is 30.9 Å². The summed E-state index contributed by atoms with van der Waals surface area (Å²) in [7, 11) is 1.18. The van der Waals surface area contributed by atoms with Gasteiger partial charge in [0.05, 0.1) is 7.11 Å². The average molecular weight is 266 g/mol. The maximum absolute atomic E-state index is 11.6. The van der Waals surface area contributed by atoms with Gasteiger partial charge in [0.2, 0.25) is 5.78 Å². The van der Waals surface area contributed by atoms with Crippen LogP contribution in [0.3, 0.4) is 0 Å². The number of rotatable bonds is 3. The van der Waals surface area contributed by atoms with Crippen LogP contribution in [-0.2, 0) is 21.0 Å². The fourth-order valence-corrected chi connectivity index (χ4v) is 1.37. The van der Waals surface area contributed by atoms with Gasteiger partial charge >= 0.3 is 11.9 Å². The Morgan fingerprint density at radius 3 is 2.79 bits per heavy atom. The lowest BCUT2D eigenvalue weighted by molar-refractivity contribution is -0.144. The third kappa shape index (κ3) is 2.44. The van der Waals surface area contributed by atoms with E-state index < -0.39 is 17.5 Å². The zero-order chi connectivity index (χ0) is 14.0. The number of fused-ring (bicyclic) bond motifs is 1. The molecule has 0 aromatic carbocycles. The molecule has 100 valence electrons. The first kappa shape index (κ1) is 12.7. The molecule has 0 amide bonds. The molecule has 0 atom stereocenters. The zero-order valence-corrected chi connectivity index (χ0v) is 10.2. The lowest BCUT2D eigenvalue weighted by atomic mass is 10.6. The summed E-state index contributed by atoms with van der Waals surface area (Å²) >= 11 is 0. The Bertz CT molecular complexity index is 701. The van der Waals surface area contributed by atoms with E-state index in [9.17, 15) is 14.4 Å². The van der Waals surface area contributed by atoms with Crippen LogP contribution in [0, 0.1) is 0 Å². The van der Waals surface area contributed by atoms with Gasteiger partial charge in [-0.1, -0.05) is 0 Å². The molecule has 0 aliphatic heterocycles. The smallest absolute Gasteiger partial charge is 0.378 e. The highest BCUT2D eigenvalue weighted by Gasteiger charge is 2.16. The van der Waals surface area contributed by atoms with Crippen molar-refractivity contribution in [2.75, 3.05) is 7.11 Å². The van der Waals surface area contributed by atoms with Gasteiger partial charge in [-0.2, -0.15) is 9.50 Å². The maximum Gasteiger partial charge on any atom is 0.378 e. The Balaban J connectivity index is 2.51. The predicted octanol–water partition coefficient (Wildman–Crippen LogP) is -0.802. The average Bonchev–Trinajstić information content (AvgIpc) is 2.83. The zero-order valence-electron chi connectivity index (χ0n) is 10.2. The number of hydrogen-bond acceptors (Lipinski definition) is 7. The highest BCUT2D eigenvalue weighted by atomic mass is 16.5. The second-order valence-electron chi connectivity index (χ2n) is 3.53. The summed E-state index contributed by atoms with van der Waals surface area (Å²) in [5, 5.41) is 3.73. The van der Waals surface area contributed by atoms with E-state index >= 15 is 0 Å². The van der Waals surface area contributed by atoms with Gasteiger partial charge in [0.15, 0.2) is 6.73 Å². The fraction of sp³-hybridized carbons (Fsp3) is 0.300. The number of hydrogen-bond donors (Lipinski definition) is 0. The SMILES string of the molecule is COC(=O)c1nc2n(COC(C)=O)ccc(=O)n2n1. The molecule has 9 nitrogen and oxygen atoms in total. The van der Waals surface area contributed by atoms with Gasteiger partial charge in [-0.05, 0) is 0 Å². The van der Waals surface area contributed by atoms with Crippen molar-refractivity contribution in [3.63, 3.8) is 0 Å². The second-order valence-corrected chi connectivity index (χ2v) is 3.53. The molecule has 9 heteroatoms. The first-order valence-electron chi connectivity index (χ1n) is 5.21. The second kappa shape index (κ2) is 4.88.